The van der Waals surface area contributed by atoms with Crippen molar-refractivity contribution in [2.45, 2.75) is 51.9 Å². The first-order valence-corrected chi connectivity index (χ1v) is 12.9. The fourth-order valence-electron chi connectivity index (χ4n) is 3.33. The summed E-state index contributed by atoms with van der Waals surface area (Å²) in [6.07, 6.45) is 2.30. The van der Waals surface area contributed by atoms with Gasteiger partial charge in [0, 0.05) is 11.1 Å². The zero-order valence-corrected chi connectivity index (χ0v) is 21.0. The number of hydrogen-bond donors (Lipinski definition) is 4. The number of nitrogens with one attached hydrogen (secondary N) is 2. The van der Waals surface area contributed by atoms with Gasteiger partial charge in [-0.15, -0.1) is 0 Å². The molecule has 5 N–H and O–H groups in total. The Bertz CT molecular complexity index is 1200. The summed E-state index contributed by atoms with van der Waals surface area (Å²) < 4.78 is 21.5. The predicted molar refractivity (Wildman–Crippen MR) is 131 cm³/mol. The molecule has 3 rings (SSSR count). The molecule has 0 saturated heterocycles. The number of nitrogen functional groups attached to an aromatic ring is 1. The van der Waals surface area contributed by atoms with E-state index in [1.54, 1.807) is 23.0 Å². The number of aliphatic carboxylic acids is 1. The number of aromatic nitrogens is 4. The van der Waals surface area contributed by atoms with Gasteiger partial charge in [0.25, 0.3) is 0 Å². The molecule has 34 heavy (non-hydrogen) atoms. The zero-order chi connectivity index (χ0) is 25.1. The molecule has 0 aliphatic rings. The van der Waals surface area contributed by atoms with Gasteiger partial charge in [0.1, 0.15) is 23.7 Å². The van der Waals surface area contributed by atoms with Gasteiger partial charge >= 0.3 is 5.97 Å². The second-order valence-electron chi connectivity index (χ2n) is 8.62. The van der Waals surface area contributed by atoms with Crippen molar-refractivity contribution in [3.8, 4) is 0 Å². The van der Waals surface area contributed by atoms with Crippen molar-refractivity contribution in [3.05, 3.63) is 47.5 Å². The van der Waals surface area contributed by atoms with E-state index in [1.807, 2.05) is 26.0 Å². The number of rotatable bonds is 11. The third-order valence-corrected chi connectivity index (χ3v) is 7.68. The van der Waals surface area contributed by atoms with Crippen LogP contribution in [0.25, 0.3) is 11.2 Å². The number of fused-ring (bicyclic) bond motifs is 1. The molecule has 0 unspecified atom stereocenters. The fourth-order valence-corrected chi connectivity index (χ4v) is 5.90. The number of halogens is 1. The van der Waals surface area contributed by atoms with Crippen molar-refractivity contribution in [2.24, 2.45) is 0 Å². The Hall–Kier alpha value is -2.56. The van der Waals surface area contributed by atoms with Crippen molar-refractivity contribution in [2.75, 3.05) is 12.1 Å². The minimum atomic E-state index is -3.53. The van der Waals surface area contributed by atoms with Crippen LogP contribution in [0.5, 0.6) is 0 Å². The molecular formula is C21H29ClN7O4P. The molecule has 0 spiro atoms. The maximum atomic E-state index is 13.9. The van der Waals surface area contributed by atoms with Crippen LogP contribution in [0.3, 0.4) is 0 Å². The van der Waals surface area contributed by atoms with E-state index in [1.165, 1.54) is 20.2 Å². The van der Waals surface area contributed by atoms with Crippen LogP contribution in [0.2, 0.25) is 5.02 Å². The number of imidazole rings is 1. The first-order chi connectivity index (χ1) is 15.9. The second kappa shape index (κ2) is 10.4. The number of carboxylic acid groups (broad SMARTS) is 1. The van der Waals surface area contributed by atoms with Crippen LogP contribution >= 0.6 is 19.0 Å². The molecule has 11 nitrogen and oxygen atoms in total. The summed E-state index contributed by atoms with van der Waals surface area (Å²) in [6.45, 7) is 6.90. The number of benzene rings is 1. The summed E-state index contributed by atoms with van der Waals surface area (Å²) >= 11 is 5.97. The van der Waals surface area contributed by atoms with E-state index in [-0.39, 0.29) is 18.2 Å². The van der Waals surface area contributed by atoms with E-state index in [0.29, 0.717) is 22.7 Å². The zero-order valence-electron chi connectivity index (χ0n) is 19.4. The van der Waals surface area contributed by atoms with Gasteiger partial charge in [0.2, 0.25) is 7.44 Å². The van der Waals surface area contributed by atoms with Crippen LogP contribution in [0.4, 0.5) is 5.82 Å². The minimum Gasteiger partial charge on any atom is -0.480 e. The topological polar surface area (TPSA) is 157 Å². The van der Waals surface area contributed by atoms with E-state index in [2.05, 4.69) is 25.1 Å². The van der Waals surface area contributed by atoms with Crippen molar-refractivity contribution >= 4 is 42.0 Å². The average molecular weight is 510 g/mol. The normalized spacial score (nSPS) is 15.7. The van der Waals surface area contributed by atoms with Crippen LogP contribution in [0.15, 0.2) is 36.9 Å². The summed E-state index contributed by atoms with van der Waals surface area (Å²) in [6, 6.07) is 6.73. The summed E-state index contributed by atoms with van der Waals surface area (Å²) in [5, 5.41) is 16.0. The molecule has 0 radical (unpaired) electrons. The van der Waals surface area contributed by atoms with E-state index in [0.717, 1.165) is 5.56 Å². The quantitative estimate of drug-likeness (QED) is 0.282. The van der Waals surface area contributed by atoms with E-state index >= 15 is 0 Å². The van der Waals surface area contributed by atoms with E-state index in [9.17, 15) is 14.5 Å². The molecule has 0 amide bonds. The highest BCUT2D eigenvalue weighted by molar-refractivity contribution is 7.59. The molecule has 3 aromatic rings. The molecule has 2 aromatic heterocycles. The number of nitrogens with two attached hydrogens (primary N) is 1. The van der Waals surface area contributed by atoms with Gasteiger partial charge < -0.3 is 20.1 Å². The Balaban J connectivity index is 1.74. The molecule has 3 atom stereocenters. The number of carbonyl (C=O) groups is 1. The van der Waals surface area contributed by atoms with Gasteiger partial charge in [-0.2, -0.15) is 0 Å². The molecular weight excluding hydrogens is 481 g/mol. The van der Waals surface area contributed by atoms with Crippen molar-refractivity contribution < 1.29 is 19.2 Å². The van der Waals surface area contributed by atoms with Gasteiger partial charge in [-0.3, -0.25) is 9.36 Å². The predicted octanol–water partition coefficient (Wildman–Crippen LogP) is 3.42. The number of anilines is 1. The summed E-state index contributed by atoms with van der Waals surface area (Å²) in [7, 11) is -3.53. The lowest BCUT2D eigenvalue weighted by molar-refractivity contribution is -0.142. The highest BCUT2D eigenvalue weighted by Gasteiger charge is 2.37. The van der Waals surface area contributed by atoms with Gasteiger partial charge in [-0.1, -0.05) is 23.7 Å². The monoisotopic (exact) mass is 509 g/mol. The maximum Gasteiger partial charge on any atom is 0.323 e. The molecule has 0 saturated carbocycles. The second-order valence-corrected chi connectivity index (χ2v) is 11.3. The molecule has 0 aliphatic carbocycles. The Morgan fingerprint density at radius 2 is 1.94 bits per heavy atom. The number of nitrogens with zero attached hydrogens (tertiary/aromatic N) is 4. The fraction of sp³-hybridized carbons (Fsp3) is 0.429. The highest BCUT2D eigenvalue weighted by atomic mass is 35.5. The van der Waals surface area contributed by atoms with Crippen molar-refractivity contribution in [1.29, 1.82) is 0 Å². The Morgan fingerprint density at radius 1 is 1.26 bits per heavy atom. The van der Waals surface area contributed by atoms with Gasteiger partial charge in [-0.25, -0.2) is 25.1 Å². The average Bonchev–Trinajstić information content (AvgIpc) is 3.16. The van der Waals surface area contributed by atoms with Gasteiger partial charge in [0.05, 0.1) is 19.0 Å². The third kappa shape index (κ3) is 6.31. The molecule has 0 fully saturated rings. The molecule has 0 aliphatic heterocycles. The third-order valence-electron chi connectivity index (χ3n) is 5.19. The minimum absolute atomic E-state index is 0.243. The van der Waals surface area contributed by atoms with Crippen LogP contribution in [-0.2, 0) is 20.6 Å². The van der Waals surface area contributed by atoms with Crippen LogP contribution < -0.4 is 15.9 Å². The van der Waals surface area contributed by atoms with Crippen LogP contribution in [-0.4, -0.2) is 48.6 Å². The van der Waals surface area contributed by atoms with Gasteiger partial charge in [0.15, 0.2) is 11.5 Å². The molecule has 184 valence electrons. The van der Waals surface area contributed by atoms with Gasteiger partial charge in [-0.05, 0) is 45.4 Å². The molecule has 2 heterocycles. The van der Waals surface area contributed by atoms with E-state index in [4.69, 9.17) is 22.1 Å². The Labute approximate surface area is 202 Å². The summed E-state index contributed by atoms with van der Waals surface area (Å²) in [4.78, 5) is 24.1. The summed E-state index contributed by atoms with van der Waals surface area (Å²) in [5.41, 5.74) is 6.27. The smallest absolute Gasteiger partial charge is 0.323 e. The first kappa shape index (κ1) is 26.1. The van der Waals surface area contributed by atoms with Crippen molar-refractivity contribution in [1.82, 2.24) is 29.7 Å². The molecule has 0 bridgehead atoms. The maximum absolute atomic E-state index is 13.9. The summed E-state index contributed by atoms with van der Waals surface area (Å²) in [5.74, 6) is -0.855. The number of ether oxygens (including phenoxy) is 1. The SMILES string of the molecule is C[C@H](Cn1cnc2c(N)ncnc21)OC[P@@](=O)(N[C@@H](C)c1ccc(Cl)cc1)NC(C)(C)C(=O)O. The molecule has 13 heteroatoms. The molecule has 1 aromatic carbocycles. The lowest BCUT2D eigenvalue weighted by Crippen LogP contribution is -2.47. The number of hydrogen-bond acceptors (Lipinski definition) is 7. The number of carboxylic acids is 1. The first-order valence-electron chi connectivity index (χ1n) is 10.6. The van der Waals surface area contributed by atoms with Crippen molar-refractivity contribution in [3.63, 3.8) is 0 Å². The van der Waals surface area contributed by atoms with Crippen LogP contribution in [0, 0.1) is 0 Å². The lowest BCUT2D eigenvalue weighted by Gasteiger charge is -2.32. The Morgan fingerprint density at radius 3 is 2.59 bits per heavy atom. The van der Waals surface area contributed by atoms with E-state index < -0.39 is 25.1 Å². The standard InChI is InChI=1S/C21H29ClN7O4P/c1-13(9-29-11-26-17-18(23)24-10-25-19(17)29)33-12-34(32,28-21(3,4)20(30)31)27-14(2)15-5-7-16(22)8-6-15/h5-8,10-11,13-14H,9,12H2,1-4H3,(H,30,31)(H2,23,24,25)(H2,27,28,32)/t13-,14+,34-/m1/s1. The largest absolute Gasteiger partial charge is 0.480 e. The Kier molecular flexibility index (Phi) is 7.95. The lowest BCUT2D eigenvalue weighted by atomic mass is 10.1. The highest BCUT2D eigenvalue weighted by Crippen LogP contribution is 2.42. The van der Waals surface area contributed by atoms with Crippen LogP contribution in [0.1, 0.15) is 39.3 Å².